The molecule has 6 nitrogen and oxygen atoms in total. The zero-order chi connectivity index (χ0) is 17.8. The van der Waals surface area contributed by atoms with E-state index in [-0.39, 0.29) is 17.9 Å². The highest BCUT2D eigenvalue weighted by molar-refractivity contribution is 6.34. The predicted octanol–water partition coefficient (Wildman–Crippen LogP) is 2.14. The molecule has 7 heteroatoms. The number of amides is 2. The molecule has 2 fully saturated rings. The molecule has 1 aliphatic heterocycles. The number of nitrogens with zero attached hydrogens (tertiary/aromatic N) is 1. The number of ether oxygens (including phenoxy) is 1. The predicted molar refractivity (Wildman–Crippen MR) is 97.0 cm³/mol. The van der Waals surface area contributed by atoms with Crippen molar-refractivity contribution in [3.8, 4) is 0 Å². The van der Waals surface area contributed by atoms with Crippen LogP contribution in [0.5, 0.6) is 0 Å². The van der Waals surface area contributed by atoms with Crippen LogP contribution in [0.1, 0.15) is 29.6 Å². The van der Waals surface area contributed by atoms with Crippen LogP contribution in [0.2, 0.25) is 5.02 Å². The fraction of sp³-hybridized carbons (Fsp3) is 0.556. The van der Waals surface area contributed by atoms with E-state index in [4.69, 9.17) is 16.3 Å². The molecule has 3 rings (SSSR count). The summed E-state index contributed by atoms with van der Waals surface area (Å²) in [5.41, 5.74) is 0.898. The van der Waals surface area contributed by atoms with E-state index in [0.717, 1.165) is 13.1 Å². The number of hydrogen-bond donors (Lipinski definition) is 2. The minimum atomic E-state index is -0.298. The van der Waals surface area contributed by atoms with Crippen LogP contribution in [0.3, 0.4) is 0 Å². The Morgan fingerprint density at radius 3 is 2.84 bits per heavy atom. The van der Waals surface area contributed by atoms with Gasteiger partial charge >= 0.3 is 0 Å². The summed E-state index contributed by atoms with van der Waals surface area (Å²) in [6.07, 6.45) is 3.79. The highest BCUT2D eigenvalue weighted by atomic mass is 35.5. The summed E-state index contributed by atoms with van der Waals surface area (Å²) in [6, 6.07) is 4.62. The zero-order valence-electron chi connectivity index (χ0n) is 14.4. The molecule has 1 saturated carbocycles. The lowest BCUT2D eigenvalue weighted by atomic mass is 9.84. The Morgan fingerprint density at radius 2 is 2.16 bits per heavy atom. The van der Waals surface area contributed by atoms with Gasteiger partial charge in [-0.3, -0.25) is 14.5 Å². The van der Waals surface area contributed by atoms with Crippen LogP contribution in [-0.2, 0) is 9.53 Å². The molecular weight excluding hydrogens is 342 g/mol. The number of halogens is 1. The minimum Gasteiger partial charge on any atom is -0.378 e. The number of morpholine rings is 1. The van der Waals surface area contributed by atoms with E-state index in [1.807, 2.05) is 0 Å². The van der Waals surface area contributed by atoms with Gasteiger partial charge < -0.3 is 15.4 Å². The first kappa shape index (κ1) is 18.2. The standard InChI is InChI=1S/C18H24ClN3O3/c1-20-17(23)14-9-13(5-6-15(14)19)21-18(24)16-11-25-8-7-22(16)10-12-3-2-4-12/h5-6,9,12,16H,2-4,7-8,10-11H2,1H3,(H,20,23)(H,21,24). The molecule has 0 radical (unpaired) electrons. The van der Waals surface area contributed by atoms with Gasteiger partial charge in [0, 0.05) is 25.8 Å². The van der Waals surface area contributed by atoms with E-state index in [0.29, 0.717) is 35.4 Å². The number of benzene rings is 1. The Hall–Kier alpha value is -1.63. The fourth-order valence-electron chi connectivity index (χ4n) is 3.24. The summed E-state index contributed by atoms with van der Waals surface area (Å²) in [5, 5.41) is 5.79. The van der Waals surface area contributed by atoms with Crippen molar-refractivity contribution in [3.63, 3.8) is 0 Å². The summed E-state index contributed by atoms with van der Waals surface area (Å²) >= 11 is 6.06. The number of carbonyl (C=O) groups is 2. The van der Waals surface area contributed by atoms with E-state index in [1.165, 1.54) is 19.3 Å². The Balaban J connectivity index is 1.68. The Morgan fingerprint density at radius 1 is 1.36 bits per heavy atom. The van der Waals surface area contributed by atoms with Crippen molar-refractivity contribution in [3.05, 3.63) is 28.8 Å². The molecular formula is C18H24ClN3O3. The van der Waals surface area contributed by atoms with Crippen LogP contribution in [0, 0.1) is 5.92 Å². The average molecular weight is 366 g/mol. The molecule has 0 bridgehead atoms. The highest BCUT2D eigenvalue weighted by Gasteiger charge is 2.32. The van der Waals surface area contributed by atoms with E-state index >= 15 is 0 Å². The van der Waals surface area contributed by atoms with Gasteiger partial charge in [-0.05, 0) is 37.0 Å². The topological polar surface area (TPSA) is 70.7 Å². The highest BCUT2D eigenvalue weighted by Crippen LogP contribution is 2.28. The molecule has 1 saturated heterocycles. The Kier molecular flexibility index (Phi) is 5.93. The van der Waals surface area contributed by atoms with Crippen molar-refractivity contribution in [1.29, 1.82) is 0 Å². The number of carbonyl (C=O) groups excluding carboxylic acids is 2. The maximum atomic E-state index is 12.7. The van der Waals surface area contributed by atoms with E-state index in [2.05, 4.69) is 15.5 Å². The lowest BCUT2D eigenvalue weighted by Gasteiger charge is -2.39. The number of anilines is 1. The second kappa shape index (κ2) is 8.17. The summed E-state index contributed by atoms with van der Waals surface area (Å²) in [5.74, 6) is 0.307. The first-order valence-electron chi connectivity index (χ1n) is 8.72. The molecule has 1 atom stereocenters. The third kappa shape index (κ3) is 4.32. The van der Waals surface area contributed by atoms with E-state index < -0.39 is 0 Å². The van der Waals surface area contributed by atoms with Gasteiger partial charge in [-0.1, -0.05) is 18.0 Å². The SMILES string of the molecule is CNC(=O)c1cc(NC(=O)C2COCCN2CC2CCC2)ccc1Cl. The summed E-state index contributed by atoms with van der Waals surface area (Å²) in [4.78, 5) is 26.8. The van der Waals surface area contributed by atoms with Crippen LogP contribution in [0.25, 0.3) is 0 Å². The van der Waals surface area contributed by atoms with Crippen molar-refractivity contribution >= 4 is 29.1 Å². The molecule has 1 unspecified atom stereocenters. The van der Waals surface area contributed by atoms with Crippen LogP contribution < -0.4 is 10.6 Å². The van der Waals surface area contributed by atoms with Crippen molar-refractivity contribution in [2.75, 3.05) is 38.7 Å². The molecule has 2 amide bonds. The van der Waals surface area contributed by atoms with Gasteiger partial charge in [-0.25, -0.2) is 0 Å². The largest absolute Gasteiger partial charge is 0.378 e. The molecule has 1 heterocycles. The van der Waals surface area contributed by atoms with E-state index in [1.54, 1.807) is 25.2 Å². The first-order chi connectivity index (χ1) is 12.1. The van der Waals surface area contributed by atoms with Gasteiger partial charge in [0.25, 0.3) is 5.91 Å². The van der Waals surface area contributed by atoms with E-state index in [9.17, 15) is 9.59 Å². The normalized spacial score (nSPS) is 21.4. The third-order valence-corrected chi connectivity index (χ3v) is 5.29. The van der Waals surface area contributed by atoms with Crippen molar-refractivity contribution in [1.82, 2.24) is 10.2 Å². The third-order valence-electron chi connectivity index (χ3n) is 4.97. The second-order valence-corrected chi connectivity index (χ2v) is 7.05. The van der Waals surface area contributed by atoms with Crippen molar-refractivity contribution in [2.24, 2.45) is 5.92 Å². The zero-order valence-corrected chi connectivity index (χ0v) is 15.1. The summed E-state index contributed by atoms with van der Waals surface area (Å²) in [7, 11) is 1.54. The molecule has 25 heavy (non-hydrogen) atoms. The molecule has 1 aromatic rings. The molecule has 136 valence electrons. The Bertz CT molecular complexity index is 648. The molecule has 0 aromatic heterocycles. The number of rotatable bonds is 5. The molecule has 1 aliphatic carbocycles. The van der Waals surface area contributed by atoms with Crippen LogP contribution >= 0.6 is 11.6 Å². The summed E-state index contributed by atoms with van der Waals surface area (Å²) in [6.45, 7) is 2.79. The number of nitrogens with one attached hydrogen (secondary N) is 2. The summed E-state index contributed by atoms with van der Waals surface area (Å²) < 4.78 is 5.52. The molecule has 0 spiro atoms. The lowest BCUT2D eigenvalue weighted by Crippen LogP contribution is -2.53. The van der Waals surface area contributed by atoms with Gasteiger partial charge in [0.15, 0.2) is 0 Å². The fourth-order valence-corrected chi connectivity index (χ4v) is 3.45. The quantitative estimate of drug-likeness (QED) is 0.838. The second-order valence-electron chi connectivity index (χ2n) is 6.65. The number of hydrogen-bond acceptors (Lipinski definition) is 4. The lowest BCUT2D eigenvalue weighted by molar-refractivity contribution is -0.128. The first-order valence-corrected chi connectivity index (χ1v) is 9.10. The average Bonchev–Trinajstić information content (AvgIpc) is 2.59. The molecule has 1 aromatic carbocycles. The van der Waals surface area contributed by atoms with Crippen LogP contribution in [0.4, 0.5) is 5.69 Å². The van der Waals surface area contributed by atoms with Crippen molar-refractivity contribution in [2.45, 2.75) is 25.3 Å². The smallest absolute Gasteiger partial charge is 0.252 e. The van der Waals surface area contributed by atoms with Gasteiger partial charge in [0.2, 0.25) is 5.91 Å². The molecule has 2 aliphatic rings. The molecule has 2 N–H and O–H groups in total. The van der Waals surface area contributed by atoms with Gasteiger partial charge in [-0.2, -0.15) is 0 Å². The maximum absolute atomic E-state index is 12.7. The van der Waals surface area contributed by atoms with Crippen LogP contribution in [-0.4, -0.2) is 56.1 Å². The maximum Gasteiger partial charge on any atom is 0.252 e. The van der Waals surface area contributed by atoms with Crippen LogP contribution in [0.15, 0.2) is 18.2 Å². The van der Waals surface area contributed by atoms with Crippen molar-refractivity contribution < 1.29 is 14.3 Å². The Labute approximate surface area is 152 Å². The van der Waals surface area contributed by atoms with Gasteiger partial charge in [0.1, 0.15) is 6.04 Å². The van der Waals surface area contributed by atoms with Gasteiger partial charge in [-0.15, -0.1) is 0 Å². The van der Waals surface area contributed by atoms with Gasteiger partial charge in [0.05, 0.1) is 23.8 Å². The minimum absolute atomic E-state index is 0.107. The monoisotopic (exact) mass is 365 g/mol.